The highest BCUT2D eigenvalue weighted by atomic mass is 16.6. The minimum atomic E-state index is 0.634. The Morgan fingerprint density at radius 1 is 1.00 bits per heavy atom. The fourth-order valence-electron chi connectivity index (χ4n) is 1.26. The molecule has 1 heteroatoms. The lowest BCUT2D eigenvalue weighted by molar-refractivity contribution is 0.354. The van der Waals surface area contributed by atoms with Gasteiger partial charge in [-0.25, -0.2) is 0 Å². The molecular formula is C8H16O. The van der Waals surface area contributed by atoms with Crippen LogP contribution in [0, 0.1) is 0 Å². The molecule has 0 N–H and O–H groups in total. The van der Waals surface area contributed by atoms with Gasteiger partial charge in [-0.15, -0.1) is 0 Å². The molecular weight excluding hydrogens is 112 g/mol. The third kappa shape index (κ3) is 1.98. The summed E-state index contributed by atoms with van der Waals surface area (Å²) in [5.41, 5.74) is 0. The fourth-order valence-corrected chi connectivity index (χ4v) is 1.26. The van der Waals surface area contributed by atoms with Crippen LogP contribution in [0.3, 0.4) is 0 Å². The van der Waals surface area contributed by atoms with Crippen molar-refractivity contribution in [1.82, 2.24) is 0 Å². The van der Waals surface area contributed by atoms with Crippen LogP contribution in [-0.4, -0.2) is 12.2 Å². The smallest absolute Gasteiger partial charge is 0.0841 e. The molecule has 0 bridgehead atoms. The highest BCUT2D eigenvalue weighted by molar-refractivity contribution is 4.83. The second-order valence-corrected chi connectivity index (χ2v) is 2.79. The Bertz CT molecular complexity index is 70.6. The van der Waals surface area contributed by atoms with Gasteiger partial charge in [-0.2, -0.15) is 0 Å². The Balaban J connectivity index is 1.96. The molecule has 0 saturated carbocycles. The zero-order chi connectivity index (χ0) is 6.69. The van der Waals surface area contributed by atoms with E-state index in [1.54, 1.807) is 0 Å². The molecule has 0 spiro atoms. The maximum absolute atomic E-state index is 5.40. The van der Waals surface area contributed by atoms with Gasteiger partial charge in [0.1, 0.15) is 0 Å². The van der Waals surface area contributed by atoms with E-state index in [4.69, 9.17) is 4.74 Å². The van der Waals surface area contributed by atoms with Crippen LogP contribution in [0.5, 0.6) is 0 Å². The van der Waals surface area contributed by atoms with E-state index in [1.807, 2.05) is 0 Å². The predicted octanol–water partition coefficient (Wildman–Crippen LogP) is 2.35. The van der Waals surface area contributed by atoms with E-state index in [9.17, 15) is 0 Å². The predicted molar refractivity (Wildman–Crippen MR) is 38.5 cm³/mol. The van der Waals surface area contributed by atoms with Crippen LogP contribution in [0.15, 0.2) is 0 Å². The quantitative estimate of drug-likeness (QED) is 0.529. The lowest BCUT2D eigenvalue weighted by Gasteiger charge is -1.87. The first-order chi connectivity index (χ1) is 4.38. The Labute approximate surface area is 57.4 Å². The van der Waals surface area contributed by atoms with Gasteiger partial charge in [0.15, 0.2) is 0 Å². The molecule has 0 aromatic carbocycles. The number of epoxide rings is 1. The molecule has 0 aromatic heterocycles. The normalized spacial score (nSPS) is 32.7. The van der Waals surface area contributed by atoms with E-state index in [0.717, 1.165) is 0 Å². The highest BCUT2D eigenvalue weighted by Gasteiger charge is 2.36. The SMILES string of the molecule is CCC[C@@H]1O[C@H]1CCC. The van der Waals surface area contributed by atoms with Crippen LogP contribution in [0.4, 0.5) is 0 Å². The largest absolute Gasteiger partial charge is 0.370 e. The molecule has 0 aliphatic carbocycles. The van der Waals surface area contributed by atoms with Crippen LogP contribution in [0.25, 0.3) is 0 Å². The van der Waals surface area contributed by atoms with Gasteiger partial charge in [-0.3, -0.25) is 0 Å². The molecule has 1 aliphatic heterocycles. The lowest BCUT2D eigenvalue weighted by atomic mass is 10.1. The molecule has 1 nitrogen and oxygen atoms in total. The van der Waals surface area contributed by atoms with Crippen LogP contribution < -0.4 is 0 Å². The monoisotopic (exact) mass is 128 g/mol. The Morgan fingerprint density at radius 2 is 1.44 bits per heavy atom. The number of ether oxygens (including phenoxy) is 1. The summed E-state index contributed by atoms with van der Waals surface area (Å²) >= 11 is 0. The minimum Gasteiger partial charge on any atom is -0.370 e. The van der Waals surface area contributed by atoms with Gasteiger partial charge in [0.2, 0.25) is 0 Å². The third-order valence-electron chi connectivity index (χ3n) is 1.83. The van der Waals surface area contributed by atoms with Crippen molar-refractivity contribution < 1.29 is 4.74 Å². The molecule has 0 aromatic rings. The van der Waals surface area contributed by atoms with Gasteiger partial charge >= 0.3 is 0 Å². The topological polar surface area (TPSA) is 12.5 Å². The number of rotatable bonds is 4. The first kappa shape index (κ1) is 7.07. The Morgan fingerprint density at radius 3 is 1.78 bits per heavy atom. The van der Waals surface area contributed by atoms with Crippen molar-refractivity contribution in [3.8, 4) is 0 Å². The second kappa shape index (κ2) is 3.21. The molecule has 1 fully saturated rings. The van der Waals surface area contributed by atoms with Crippen LogP contribution >= 0.6 is 0 Å². The van der Waals surface area contributed by atoms with Gasteiger partial charge in [-0.05, 0) is 12.8 Å². The summed E-state index contributed by atoms with van der Waals surface area (Å²) < 4.78 is 5.40. The van der Waals surface area contributed by atoms with Gasteiger partial charge in [0, 0.05) is 0 Å². The Kier molecular flexibility index (Phi) is 2.52. The van der Waals surface area contributed by atoms with E-state index >= 15 is 0 Å². The second-order valence-electron chi connectivity index (χ2n) is 2.79. The molecule has 1 heterocycles. The van der Waals surface area contributed by atoms with E-state index in [1.165, 1.54) is 25.7 Å². The first-order valence-corrected chi connectivity index (χ1v) is 4.04. The summed E-state index contributed by atoms with van der Waals surface area (Å²) in [7, 11) is 0. The van der Waals surface area contributed by atoms with Crippen LogP contribution in [-0.2, 0) is 4.74 Å². The maximum atomic E-state index is 5.40. The summed E-state index contributed by atoms with van der Waals surface area (Å²) in [4.78, 5) is 0. The van der Waals surface area contributed by atoms with Crippen molar-refractivity contribution in [2.75, 3.05) is 0 Å². The average Bonchev–Trinajstić information content (AvgIpc) is 2.50. The third-order valence-corrected chi connectivity index (χ3v) is 1.83. The molecule has 0 unspecified atom stereocenters. The fraction of sp³-hybridized carbons (Fsp3) is 1.00. The molecule has 9 heavy (non-hydrogen) atoms. The standard InChI is InChI=1S/C8H16O/c1-3-5-7-8(9-7)6-4-2/h7-8H,3-6H2,1-2H3/t7-,8-/m0/s1. The average molecular weight is 128 g/mol. The van der Waals surface area contributed by atoms with Crippen LogP contribution in [0.2, 0.25) is 0 Å². The lowest BCUT2D eigenvalue weighted by Crippen LogP contribution is -1.91. The van der Waals surface area contributed by atoms with Gasteiger partial charge in [0.05, 0.1) is 12.2 Å². The van der Waals surface area contributed by atoms with Crippen molar-refractivity contribution in [3.63, 3.8) is 0 Å². The summed E-state index contributed by atoms with van der Waals surface area (Å²) in [5, 5.41) is 0. The zero-order valence-electron chi connectivity index (χ0n) is 6.39. The summed E-state index contributed by atoms with van der Waals surface area (Å²) in [6.07, 6.45) is 6.34. The first-order valence-electron chi connectivity index (χ1n) is 4.04. The van der Waals surface area contributed by atoms with Crippen LogP contribution in [0.1, 0.15) is 39.5 Å². The van der Waals surface area contributed by atoms with Crippen molar-refractivity contribution >= 4 is 0 Å². The molecule has 1 rings (SSSR count). The molecule has 1 aliphatic rings. The summed E-state index contributed by atoms with van der Waals surface area (Å²) in [6, 6.07) is 0. The van der Waals surface area contributed by atoms with E-state index in [-0.39, 0.29) is 0 Å². The molecule has 54 valence electrons. The van der Waals surface area contributed by atoms with E-state index in [2.05, 4.69) is 13.8 Å². The molecule has 0 radical (unpaired) electrons. The minimum absolute atomic E-state index is 0.634. The molecule has 1 saturated heterocycles. The van der Waals surface area contributed by atoms with Crippen molar-refractivity contribution in [2.24, 2.45) is 0 Å². The van der Waals surface area contributed by atoms with Gasteiger partial charge < -0.3 is 4.74 Å². The van der Waals surface area contributed by atoms with E-state index in [0.29, 0.717) is 12.2 Å². The summed E-state index contributed by atoms with van der Waals surface area (Å²) in [5.74, 6) is 0. The van der Waals surface area contributed by atoms with Crippen molar-refractivity contribution in [1.29, 1.82) is 0 Å². The Hall–Kier alpha value is -0.0400. The number of hydrogen-bond acceptors (Lipinski definition) is 1. The van der Waals surface area contributed by atoms with Gasteiger partial charge in [0.25, 0.3) is 0 Å². The summed E-state index contributed by atoms with van der Waals surface area (Å²) in [6.45, 7) is 4.43. The molecule has 2 atom stereocenters. The number of hydrogen-bond donors (Lipinski definition) is 0. The van der Waals surface area contributed by atoms with Gasteiger partial charge in [-0.1, -0.05) is 26.7 Å². The highest BCUT2D eigenvalue weighted by Crippen LogP contribution is 2.29. The van der Waals surface area contributed by atoms with E-state index < -0.39 is 0 Å². The van der Waals surface area contributed by atoms with Crippen molar-refractivity contribution in [2.45, 2.75) is 51.7 Å². The zero-order valence-corrected chi connectivity index (χ0v) is 6.39. The molecule has 0 amide bonds. The maximum Gasteiger partial charge on any atom is 0.0841 e. The van der Waals surface area contributed by atoms with Crippen molar-refractivity contribution in [3.05, 3.63) is 0 Å².